The second-order valence-corrected chi connectivity index (χ2v) is 4.31. The molecule has 0 spiro atoms. The van der Waals surface area contributed by atoms with Crippen LogP contribution in [0.3, 0.4) is 0 Å². The number of benzene rings is 1. The molecule has 4 nitrogen and oxygen atoms in total. The summed E-state index contributed by atoms with van der Waals surface area (Å²) in [4.78, 5) is 1.99. The van der Waals surface area contributed by atoms with E-state index in [1.165, 1.54) is 6.07 Å². The maximum absolute atomic E-state index is 13.3. The summed E-state index contributed by atoms with van der Waals surface area (Å²) in [5.41, 5.74) is 0.694. The molecule has 0 unspecified atom stereocenters. The van der Waals surface area contributed by atoms with Crippen molar-refractivity contribution in [2.45, 2.75) is 6.04 Å². The molecule has 0 radical (unpaired) electrons. The van der Waals surface area contributed by atoms with Gasteiger partial charge in [0.1, 0.15) is 18.5 Å². The predicted molar refractivity (Wildman–Crippen MR) is 80.5 cm³/mol. The Bertz CT molecular complexity index is 461. The fraction of sp³-hybridized carbons (Fsp3) is 0.462. The minimum atomic E-state index is -0.567. The molecule has 1 atom stereocenters. The zero-order valence-electron chi connectivity index (χ0n) is 10.9. The molecule has 1 aromatic carbocycles. The zero-order valence-corrected chi connectivity index (χ0v) is 12.5. The molecule has 1 aliphatic rings. The van der Waals surface area contributed by atoms with Crippen LogP contribution in [-0.2, 0) is 0 Å². The molecule has 2 rings (SSSR count). The standard InChI is InChI=1S/C13H16FN3O.2ClH/c14-8-12(17-6-4-16-5-7-17)11-3-1-2-10(9-15)13(11)18;;/h1-3,12,16,18H,4-8H2;2*1H/t12-;;/m1../s1. The summed E-state index contributed by atoms with van der Waals surface area (Å²) in [6.07, 6.45) is 0. The van der Waals surface area contributed by atoms with Crippen LogP contribution < -0.4 is 5.32 Å². The van der Waals surface area contributed by atoms with E-state index < -0.39 is 12.7 Å². The molecule has 0 saturated carbocycles. The Hall–Kier alpha value is -1.06. The number of nitrogens with one attached hydrogen (secondary N) is 1. The molecule has 0 aromatic heterocycles. The summed E-state index contributed by atoms with van der Waals surface area (Å²) in [6, 6.07) is 6.34. The van der Waals surface area contributed by atoms with Gasteiger partial charge in [0.25, 0.3) is 0 Å². The van der Waals surface area contributed by atoms with Crippen molar-refractivity contribution in [3.8, 4) is 11.8 Å². The molecule has 1 aliphatic heterocycles. The van der Waals surface area contributed by atoms with Crippen LogP contribution in [0.5, 0.6) is 5.75 Å². The van der Waals surface area contributed by atoms with Crippen molar-refractivity contribution in [1.29, 1.82) is 5.26 Å². The molecule has 0 amide bonds. The van der Waals surface area contributed by atoms with E-state index in [2.05, 4.69) is 5.32 Å². The lowest BCUT2D eigenvalue weighted by molar-refractivity contribution is 0.145. The number of rotatable bonds is 3. The average molecular weight is 322 g/mol. The van der Waals surface area contributed by atoms with Crippen LogP contribution in [0.25, 0.3) is 0 Å². The van der Waals surface area contributed by atoms with Gasteiger partial charge in [-0.25, -0.2) is 4.39 Å². The van der Waals surface area contributed by atoms with E-state index in [-0.39, 0.29) is 36.1 Å². The van der Waals surface area contributed by atoms with Gasteiger partial charge in [-0.1, -0.05) is 12.1 Å². The molecule has 2 N–H and O–H groups in total. The van der Waals surface area contributed by atoms with Crippen molar-refractivity contribution in [3.05, 3.63) is 29.3 Å². The normalized spacial score (nSPS) is 16.4. The van der Waals surface area contributed by atoms with Gasteiger partial charge in [-0.15, -0.1) is 24.8 Å². The summed E-state index contributed by atoms with van der Waals surface area (Å²) in [5.74, 6) is -0.0961. The molecule has 1 aromatic rings. The number of phenols is 1. The highest BCUT2D eigenvalue weighted by molar-refractivity contribution is 5.85. The van der Waals surface area contributed by atoms with E-state index in [4.69, 9.17) is 5.26 Å². The first-order valence-electron chi connectivity index (χ1n) is 6.00. The fourth-order valence-electron chi connectivity index (χ4n) is 2.29. The first-order valence-corrected chi connectivity index (χ1v) is 6.00. The molecular formula is C13H18Cl2FN3O. The van der Waals surface area contributed by atoms with E-state index in [0.717, 1.165) is 26.2 Å². The average Bonchev–Trinajstić information content (AvgIpc) is 2.43. The van der Waals surface area contributed by atoms with Gasteiger partial charge < -0.3 is 10.4 Å². The lowest BCUT2D eigenvalue weighted by Crippen LogP contribution is -2.45. The second kappa shape index (κ2) is 8.98. The van der Waals surface area contributed by atoms with Crippen molar-refractivity contribution in [3.63, 3.8) is 0 Å². The molecule has 0 aliphatic carbocycles. The van der Waals surface area contributed by atoms with Crippen LogP contribution >= 0.6 is 24.8 Å². The SMILES string of the molecule is Cl.Cl.N#Cc1cccc([C@@H](CF)N2CCNCC2)c1O. The van der Waals surface area contributed by atoms with Crippen LogP contribution in [0, 0.1) is 11.3 Å². The Morgan fingerprint density at radius 1 is 1.35 bits per heavy atom. The summed E-state index contributed by atoms with van der Waals surface area (Å²) in [5, 5.41) is 22.1. The van der Waals surface area contributed by atoms with Gasteiger partial charge in [-0.3, -0.25) is 4.90 Å². The molecule has 1 saturated heterocycles. The number of para-hydroxylation sites is 1. The van der Waals surface area contributed by atoms with Crippen LogP contribution in [-0.4, -0.2) is 42.9 Å². The van der Waals surface area contributed by atoms with E-state index in [1.807, 2.05) is 11.0 Å². The predicted octanol–water partition coefficient (Wildman–Crippen LogP) is 2.02. The highest BCUT2D eigenvalue weighted by atomic mass is 35.5. The van der Waals surface area contributed by atoms with E-state index in [1.54, 1.807) is 12.1 Å². The first-order chi connectivity index (χ1) is 8.77. The van der Waals surface area contributed by atoms with E-state index >= 15 is 0 Å². The van der Waals surface area contributed by atoms with E-state index in [0.29, 0.717) is 5.56 Å². The largest absolute Gasteiger partial charge is 0.506 e. The fourth-order valence-corrected chi connectivity index (χ4v) is 2.29. The van der Waals surface area contributed by atoms with E-state index in [9.17, 15) is 9.50 Å². The van der Waals surface area contributed by atoms with Crippen molar-refractivity contribution in [2.75, 3.05) is 32.9 Å². The first kappa shape index (κ1) is 18.9. The van der Waals surface area contributed by atoms with Crippen LogP contribution in [0.15, 0.2) is 18.2 Å². The lowest BCUT2D eigenvalue weighted by Gasteiger charge is -2.33. The number of piperazine rings is 1. The highest BCUT2D eigenvalue weighted by Gasteiger charge is 2.25. The van der Waals surface area contributed by atoms with Gasteiger partial charge in [0.05, 0.1) is 11.6 Å². The quantitative estimate of drug-likeness (QED) is 0.894. The van der Waals surface area contributed by atoms with Gasteiger partial charge in [-0.2, -0.15) is 5.26 Å². The van der Waals surface area contributed by atoms with Crippen molar-refractivity contribution in [2.24, 2.45) is 0 Å². The third-order valence-corrected chi connectivity index (χ3v) is 3.29. The number of phenolic OH excluding ortho intramolecular Hbond substituents is 1. The molecule has 7 heteroatoms. The summed E-state index contributed by atoms with van der Waals surface area (Å²) in [6.45, 7) is 2.54. The Labute approximate surface area is 130 Å². The Morgan fingerprint density at radius 2 is 2.00 bits per heavy atom. The molecule has 1 fully saturated rings. The van der Waals surface area contributed by atoms with Gasteiger partial charge >= 0.3 is 0 Å². The molecule has 20 heavy (non-hydrogen) atoms. The van der Waals surface area contributed by atoms with Crippen LogP contribution in [0.2, 0.25) is 0 Å². The summed E-state index contributed by atoms with van der Waals surface area (Å²) in [7, 11) is 0. The van der Waals surface area contributed by atoms with Crippen LogP contribution in [0.4, 0.5) is 4.39 Å². The maximum atomic E-state index is 13.3. The van der Waals surface area contributed by atoms with Crippen LogP contribution in [0.1, 0.15) is 17.2 Å². The minimum absolute atomic E-state index is 0. The summed E-state index contributed by atoms with van der Waals surface area (Å²) < 4.78 is 13.3. The van der Waals surface area contributed by atoms with Crippen molar-refractivity contribution < 1.29 is 9.50 Å². The Morgan fingerprint density at radius 3 is 2.55 bits per heavy atom. The summed E-state index contributed by atoms with van der Waals surface area (Å²) >= 11 is 0. The monoisotopic (exact) mass is 321 g/mol. The number of alkyl halides is 1. The zero-order chi connectivity index (χ0) is 13.0. The number of nitrogens with zero attached hydrogens (tertiary/aromatic N) is 2. The molecule has 0 bridgehead atoms. The maximum Gasteiger partial charge on any atom is 0.138 e. The highest BCUT2D eigenvalue weighted by Crippen LogP contribution is 2.31. The van der Waals surface area contributed by atoms with Gasteiger partial charge in [0, 0.05) is 31.7 Å². The number of halogens is 3. The smallest absolute Gasteiger partial charge is 0.138 e. The number of hydrogen-bond acceptors (Lipinski definition) is 4. The lowest BCUT2D eigenvalue weighted by atomic mass is 10.0. The van der Waals surface area contributed by atoms with Crippen molar-refractivity contribution >= 4 is 24.8 Å². The second-order valence-electron chi connectivity index (χ2n) is 4.31. The topological polar surface area (TPSA) is 59.3 Å². The molecule has 1 heterocycles. The van der Waals surface area contributed by atoms with Gasteiger partial charge in [0.2, 0.25) is 0 Å². The number of aromatic hydroxyl groups is 1. The third kappa shape index (κ3) is 3.97. The number of nitriles is 1. The minimum Gasteiger partial charge on any atom is -0.506 e. The van der Waals surface area contributed by atoms with Gasteiger partial charge in [0.15, 0.2) is 0 Å². The molecule has 112 valence electrons. The Kier molecular flexibility index (Phi) is 8.51. The third-order valence-electron chi connectivity index (χ3n) is 3.29. The molecular weight excluding hydrogens is 304 g/mol. The Balaban J connectivity index is 0.00000180. The van der Waals surface area contributed by atoms with Crippen molar-refractivity contribution in [1.82, 2.24) is 10.2 Å². The van der Waals surface area contributed by atoms with Gasteiger partial charge in [-0.05, 0) is 6.07 Å². The number of hydrogen-bond donors (Lipinski definition) is 2.